The van der Waals surface area contributed by atoms with E-state index in [1.807, 2.05) is 30.3 Å². The van der Waals surface area contributed by atoms with Gasteiger partial charge in [-0.2, -0.15) is 0 Å². The van der Waals surface area contributed by atoms with Crippen LogP contribution in [0.15, 0.2) is 66.7 Å². The quantitative estimate of drug-likeness (QED) is 0.665. The van der Waals surface area contributed by atoms with Crippen molar-refractivity contribution in [1.82, 2.24) is 15.5 Å². The molecule has 0 aliphatic heterocycles. The van der Waals surface area contributed by atoms with Gasteiger partial charge in [0.05, 0.1) is 18.7 Å². The molecule has 1 amide bonds. The molecule has 2 aromatic carbocycles. The van der Waals surface area contributed by atoms with E-state index >= 15 is 0 Å². The minimum atomic E-state index is -0.295. The molecule has 5 nitrogen and oxygen atoms in total. The second kappa shape index (κ2) is 8.71. The fourth-order valence-electron chi connectivity index (χ4n) is 2.36. The first-order valence-electron chi connectivity index (χ1n) is 8.24. The number of carbonyl (C=O) groups is 1. The number of nitrogens with one attached hydrogen (secondary N) is 1. The highest BCUT2D eigenvalue weighted by Gasteiger charge is 2.04. The lowest BCUT2D eigenvalue weighted by atomic mass is 10.1. The minimum Gasteiger partial charge on any atom is -0.475 e. The molecule has 0 unspecified atom stereocenters. The number of benzene rings is 2. The largest absolute Gasteiger partial charge is 0.475 e. The van der Waals surface area contributed by atoms with E-state index in [4.69, 9.17) is 4.74 Å². The molecule has 0 saturated heterocycles. The van der Waals surface area contributed by atoms with E-state index in [2.05, 4.69) is 15.5 Å². The highest BCUT2D eigenvalue weighted by molar-refractivity contribution is 5.78. The molecular formula is C20H18FN3O2. The van der Waals surface area contributed by atoms with E-state index < -0.39 is 0 Å². The van der Waals surface area contributed by atoms with Crippen molar-refractivity contribution in [2.24, 2.45) is 0 Å². The summed E-state index contributed by atoms with van der Waals surface area (Å²) in [5.74, 6) is 0.0155. The molecule has 0 spiro atoms. The van der Waals surface area contributed by atoms with Gasteiger partial charge in [0.2, 0.25) is 11.8 Å². The molecule has 0 atom stereocenters. The summed E-state index contributed by atoms with van der Waals surface area (Å²) in [5, 5.41) is 10.8. The molecule has 0 radical (unpaired) electrons. The van der Waals surface area contributed by atoms with E-state index in [0.29, 0.717) is 31.1 Å². The van der Waals surface area contributed by atoms with Crippen LogP contribution in [-0.4, -0.2) is 29.3 Å². The predicted octanol–water partition coefficient (Wildman–Crippen LogP) is 3.02. The van der Waals surface area contributed by atoms with E-state index in [1.165, 1.54) is 12.1 Å². The van der Waals surface area contributed by atoms with Gasteiger partial charge in [0.15, 0.2) is 0 Å². The minimum absolute atomic E-state index is 0.0578. The Morgan fingerprint density at radius 1 is 0.962 bits per heavy atom. The summed E-state index contributed by atoms with van der Waals surface area (Å²) < 4.78 is 18.4. The van der Waals surface area contributed by atoms with Gasteiger partial charge in [-0.05, 0) is 35.9 Å². The molecule has 0 aliphatic rings. The van der Waals surface area contributed by atoms with Gasteiger partial charge < -0.3 is 10.1 Å². The zero-order valence-corrected chi connectivity index (χ0v) is 14.1. The standard InChI is InChI=1S/C20H18FN3O2/c21-17-8-6-16(7-9-17)18-10-11-20(24-23-18)26-13-12-22-19(25)14-15-4-2-1-3-5-15/h1-11H,12-14H2,(H,22,25). The lowest BCUT2D eigenvalue weighted by molar-refractivity contribution is -0.120. The molecule has 0 saturated carbocycles. The Balaban J connectivity index is 1.42. The third-order valence-electron chi connectivity index (χ3n) is 3.66. The molecule has 0 fully saturated rings. The van der Waals surface area contributed by atoms with Crippen LogP contribution in [-0.2, 0) is 11.2 Å². The molecule has 1 heterocycles. The summed E-state index contributed by atoms with van der Waals surface area (Å²) in [5.41, 5.74) is 2.38. The molecular weight excluding hydrogens is 333 g/mol. The first kappa shape index (κ1) is 17.5. The Morgan fingerprint density at radius 3 is 2.42 bits per heavy atom. The first-order chi connectivity index (χ1) is 12.7. The van der Waals surface area contributed by atoms with Gasteiger partial charge in [0.25, 0.3) is 0 Å². The SMILES string of the molecule is O=C(Cc1ccccc1)NCCOc1ccc(-c2ccc(F)cc2)nn1. The zero-order valence-electron chi connectivity index (χ0n) is 14.1. The Morgan fingerprint density at radius 2 is 1.73 bits per heavy atom. The van der Waals surface area contributed by atoms with Crippen molar-refractivity contribution in [2.75, 3.05) is 13.2 Å². The summed E-state index contributed by atoms with van der Waals surface area (Å²) in [6.07, 6.45) is 0.340. The lowest BCUT2D eigenvalue weighted by Gasteiger charge is -2.07. The van der Waals surface area contributed by atoms with Crippen LogP contribution in [0, 0.1) is 5.82 Å². The van der Waals surface area contributed by atoms with Crippen molar-refractivity contribution >= 4 is 5.91 Å². The number of carbonyl (C=O) groups excluding carboxylic acids is 1. The number of halogens is 1. The average molecular weight is 351 g/mol. The Hall–Kier alpha value is -3.28. The zero-order chi connectivity index (χ0) is 18.2. The summed E-state index contributed by atoms with van der Waals surface area (Å²) in [6.45, 7) is 0.679. The first-order valence-corrected chi connectivity index (χ1v) is 8.24. The van der Waals surface area contributed by atoms with E-state index in [0.717, 1.165) is 11.1 Å². The number of hydrogen-bond acceptors (Lipinski definition) is 4. The van der Waals surface area contributed by atoms with E-state index in [1.54, 1.807) is 24.3 Å². The summed E-state index contributed by atoms with van der Waals surface area (Å²) >= 11 is 0. The second-order valence-corrected chi connectivity index (χ2v) is 5.62. The van der Waals surface area contributed by atoms with Crippen LogP contribution in [0.25, 0.3) is 11.3 Å². The molecule has 26 heavy (non-hydrogen) atoms. The van der Waals surface area contributed by atoms with Gasteiger partial charge in [-0.25, -0.2) is 4.39 Å². The molecule has 1 N–H and O–H groups in total. The van der Waals surface area contributed by atoms with Gasteiger partial charge in [-0.15, -0.1) is 10.2 Å². The highest BCUT2D eigenvalue weighted by Crippen LogP contribution is 2.17. The fraction of sp³-hybridized carbons (Fsp3) is 0.150. The van der Waals surface area contributed by atoms with Crippen molar-refractivity contribution in [3.8, 4) is 17.1 Å². The van der Waals surface area contributed by atoms with Crippen molar-refractivity contribution in [3.63, 3.8) is 0 Å². The maximum absolute atomic E-state index is 12.9. The third kappa shape index (κ3) is 5.11. The van der Waals surface area contributed by atoms with Crippen LogP contribution < -0.4 is 10.1 Å². The molecule has 0 aliphatic carbocycles. The van der Waals surface area contributed by atoms with Crippen LogP contribution >= 0.6 is 0 Å². The molecule has 6 heteroatoms. The van der Waals surface area contributed by atoms with Gasteiger partial charge in [-0.3, -0.25) is 4.79 Å². The van der Waals surface area contributed by atoms with Crippen molar-refractivity contribution in [1.29, 1.82) is 0 Å². The van der Waals surface area contributed by atoms with Gasteiger partial charge in [0, 0.05) is 11.6 Å². The van der Waals surface area contributed by atoms with Crippen LogP contribution in [0.5, 0.6) is 5.88 Å². The third-order valence-corrected chi connectivity index (χ3v) is 3.66. The van der Waals surface area contributed by atoms with Crippen LogP contribution in [0.4, 0.5) is 4.39 Å². The molecule has 132 valence electrons. The number of hydrogen-bond donors (Lipinski definition) is 1. The molecule has 1 aromatic heterocycles. The number of aromatic nitrogens is 2. The molecule has 0 bridgehead atoms. The predicted molar refractivity (Wildman–Crippen MR) is 96.1 cm³/mol. The normalized spacial score (nSPS) is 10.3. The number of nitrogens with zero attached hydrogens (tertiary/aromatic N) is 2. The maximum Gasteiger partial charge on any atom is 0.233 e. The van der Waals surface area contributed by atoms with Crippen molar-refractivity contribution in [3.05, 3.63) is 78.1 Å². The summed E-state index contributed by atoms with van der Waals surface area (Å²) in [4.78, 5) is 11.8. The topological polar surface area (TPSA) is 64.1 Å². The monoisotopic (exact) mass is 351 g/mol. The summed E-state index contributed by atoms with van der Waals surface area (Å²) in [6, 6.07) is 19.0. The average Bonchev–Trinajstić information content (AvgIpc) is 2.67. The summed E-state index contributed by atoms with van der Waals surface area (Å²) in [7, 11) is 0. The lowest BCUT2D eigenvalue weighted by Crippen LogP contribution is -2.29. The number of amides is 1. The maximum atomic E-state index is 12.9. The van der Waals surface area contributed by atoms with Gasteiger partial charge >= 0.3 is 0 Å². The Kier molecular flexibility index (Phi) is 5.88. The van der Waals surface area contributed by atoms with Gasteiger partial charge in [0.1, 0.15) is 12.4 Å². The Labute approximate surface area is 150 Å². The smallest absolute Gasteiger partial charge is 0.233 e. The van der Waals surface area contributed by atoms with Gasteiger partial charge in [-0.1, -0.05) is 30.3 Å². The van der Waals surface area contributed by atoms with Crippen molar-refractivity contribution < 1.29 is 13.9 Å². The molecule has 3 rings (SSSR count). The van der Waals surface area contributed by atoms with Crippen LogP contribution in [0.2, 0.25) is 0 Å². The number of rotatable bonds is 7. The highest BCUT2D eigenvalue weighted by atomic mass is 19.1. The Bertz CT molecular complexity index is 837. The fourth-order valence-corrected chi connectivity index (χ4v) is 2.36. The van der Waals surface area contributed by atoms with E-state index in [9.17, 15) is 9.18 Å². The molecule has 3 aromatic rings. The van der Waals surface area contributed by atoms with E-state index in [-0.39, 0.29) is 11.7 Å². The van der Waals surface area contributed by atoms with Crippen LogP contribution in [0.3, 0.4) is 0 Å². The second-order valence-electron chi connectivity index (χ2n) is 5.62. The number of ether oxygens (including phenoxy) is 1. The van der Waals surface area contributed by atoms with Crippen LogP contribution in [0.1, 0.15) is 5.56 Å². The van der Waals surface area contributed by atoms with Crippen molar-refractivity contribution in [2.45, 2.75) is 6.42 Å².